The van der Waals surface area contributed by atoms with E-state index < -0.39 is 6.10 Å². The molecule has 0 aromatic heterocycles. The Morgan fingerprint density at radius 3 is 2.73 bits per heavy atom. The zero-order chi connectivity index (χ0) is 8.69. The quantitative estimate of drug-likeness (QED) is 0.481. The second-order valence-electron chi connectivity index (χ2n) is 2.08. The molecule has 0 rings (SSSR count). The molecule has 66 valence electrons. The largest absolute Gasteiger partial charge is 0.394 e. The average molecular weight is 182 g/mol. The van der Waals surface area contributed by atoms with Crippen LogP contribution in [0.2, 0.25) is 0 Å². The minimum Gasteiger partial charge on any atom is -0.394 e. The van der Waals surface area contributed by atoms with Crippen LogP contribution in [-0.4, -0.2) is 41.3 Å². The minimum absolute atomic E-state index is 0.0756. The van der Waals surface area contributed by atoms with Gasteiger partial charge in [-0.1, -0.05) is 0 Å². The van der Waals surface area contributed by atoms with Crippen LogP contribution in [0.5, 0.6) is 0 Å². The van der Waals surface area contributed by atoms with E-state index in [2.05, 4.69) is 5.32 Å². The lowest BCUT2D eigenvalue weighted by molar-refractivity contribution is -0.121. The highest BCUT2D eigenvalue weighted by atomic mass is 35.5. The van der Waals surface area contributed by atoms with E-state index >= 15 is 0 Å². The Hall–Kier alpha value is -0.320. The van der Waals surface area contributed by atoms with Gasteiger partial charge in [0.1, 0.15) is 0 Å². The number of carbonyl (C=O) groups is 1. The summed E-state index contributed by atoms with van der Waals surface area (Å²) in [5.41, 5.74) is 0. The van der Waals surface area contributed by atoms with Gasteiger partial charge in [0.25, 0.3) is 0 Å². The van der Waals surface area contributed by atoms with Crippen molar-refractivity contribution in [2.24, 2.45) is 0 Å². The Kier molecular flexibility index (Phi) is 6.21. The van der Waals surface area contributed by atoms with Gasteiger partial charge in [-0.25, -0.2) is 0 Å². The fourth-order valence-electron chi connectivity index (χ4n) is 0.470. The lowest BCUT2D eigenvalue weighted by atomic mass is 10.3. The summed E-state index contributed by atoms with van der Waals surface area (Å²) in [6, 6.07) is 0. The molecule has 11 heavy (non-hydrogen) atoms. The Morgan fingerprint density at radius 2 is 2.27 bits per heavy atom. The van der Waals surface area contributed by atoms with Crippen molar-refractivity contribution < 1.29 is 15.0 Å². The van der Waals surface area contributed by atoms with Crippen molar-refractivity contribution in [3.05, 3.63) is 0 Å². The van der Waals surface area contributed by atoms with Gasteiger partial charge in [0.05, 0.1) is 12.7 Å². The van der Waals surface area contributed by atoms with Crippen molar-refractivity contribution in [2.45, 2.75) is 12.5 Å². The number of halogens is 1. The maximum atomic E-state index is 10.7. The van der Waals surface area contributed by atoms with Gasteiger partial charge in [0, 0.05) is 18.8 Å². The minimum atomic E-state index is -0.880. The smallest absolute Gasteiger partial charge is 0.221 e. The van der Waals surface area contributed by atoms with Crippen LogP contribution in [0.3, 0.4) is 0 Å². The molecule has 0 spiro atoms. The predicted octanol–water partition coefficient (Wildman–Crippen LogP) is -0.915. The van der Waals surface area contributed by atoms with Crippen LogP contribution in [0, 0.1) is 0 Å². The van der Waals surface area contributed by atoms with Crippen molar-refractivity contribution in [3.8, 4) is 0 Å². The van der Waals surface area contributed by atoms with E-state index in [9.17, 15) is 4.79 Å². The third kappa shape index (κ3) is 6.09. The highest BCUT2D eigenvalue weighted by molar-refractivity contribution is 6.18. The number of amides is 1. The molecule has 0 aromatic rings. The number of alkyl halides is 1. The molecule has 0 radical (unpaired) electrons. The molecule has 1 amide bonds. The molecule has 4 nitrogen and oxygen atoms in total. The van der Waals surface area contributed by atoms with Crippen LogP contribution in [-0.2, 0) is 4.79 Å². The van der Waals surface area contributed by atoms with Crippen LogP contribution in [0.1, 0.15) is 6.42 Å². The molecule has 0 heterocycles. The van der Waals surface area contributed by atoms with Crippen molar-refractivity contribution in [1.82, 2.24) is 5.32 Å². The maximum Gasteiger partial charge on any atom is 0.221 e. The van der Waals surface area contributed by atoms with Crippen molar-refractivity contribution in [1.29, 1.82) is 0 Å². The van der Waals surface area contributed by atoms with Crippen molar-refractivity contribution in [2.75, 3.05) is 19.0 Å². The van der Waals surface area contributed by atoms with Gasteiger partial charge in [-0.2, -0.15) is 0 Å². The lowest BCUT2D eigenvalue weighted by Crippen LogP contribution is -2.33. The second kappa shape index (κ2) is 6.39. The van der Waals surface area contributed by atoms with E-state index in [4.69, 9.17) is 21.8 Å². The first-order chi connectivity index (χ1) is 5.20. The van der Waals surface area contributed by atoms with Crippen LogP contribution in [0.15, 0.2) is 0 Å². The van der Waals surface area contributed by atoms with E-state index in [1.807, 2.05) is 0 Å². The normalized spacial score (nSPS) is 12.6. The molecule has 0 aliphatic rings. The third-order valence-electron chi connectivity index (χ3n) is 1.07. The summed E-state index contributed by atoms with van der Waals surface area (Å²) in [6.07, 6.45) is -0.644. The van der Waals surface area contributed by atoms with Gasteiger partial charge in [-0.05, 0) is 0 Å². The van der Waals surface area contributed by atoms with Crippen LogP contribution in [0.4, 0.5) is 0 Å². The van der Waals surface area contributed by atoms with Gasteiger partial charge in [-0.15, -0.1) is 11.6 Å². The SMILES string of the molecule is O=C(CCCl)NCC(O)CO. The van der Waals surface area contributed by atoms with Gasteiger partial charge in [0.15, 0.2) is 0 Å². The van der Waals surface area contributed by atoms with E-state index in [1.165, 1.54) is 0 Å². The summed E-state index contributed by atoms with van der Waals surface area (Å²) >= 11 is 5.27. The van der Waals surface area contributed by atoms with E-state index in [0.29, 0.717) is 0 Å². The van der Waals surface area contributed by atoms with Gasteiger partial charge in [-0.3, -0.25) is 4.79 Å². The lowest BCUT2D eigenvalue weighted by Gasteiger charge is -2.07. The number of aliphatic hydroxyl groups excluding tert-OH is 2. The molecule has 0 aliphatic heterocycles. The molecule has 0 bridgehead atoms. The second-order valence-corrected chi connectivity index (χ2v) is 2.46. The molecule has 3 N–H and O–H groups in total. The highest BCUT2D eigenvalue weighted by Gasteiger charge is 2.03. The van der Waals surface area contributed by atoms with E-state index in [1.54, 1.807) is 0 Å². The fraction of sp³-hybridized carbons (Fsp3) is 0.833. The van der Waals surface area contributed by atoms with Crippen LogP contribution in [0.25, 0.3) is 0 Å². The Labute approximate surface area is 70.2 Å². The number of hydrogen-bond acceptors (Lipinski definition) is 3. The van der Waals surface area contributed by atoms with Crippen molar-refractivity contribution >= 4 is 17.5 Å². The number of hydrogen-bond donors (Lipinski definition) is 3. The Balaban J connectivity index is 3.30. The average Bonchev–Trinajstić information content (AvgIpc) is 2.01. The maximum absolute atomic E-state index is 10.7. The first-order valence-electron chi connectivity index (χ1n) is 3.32. The third-order valence-corrected chi connectivity index (χ3v) is 1.26. The summed E-state index contributed by atoms with van der Waals surface area (Å²) in [5.74, 6) is 0.0497. The Morgan fingerprint density at radius 1 is 1.64 bits per heavy atom. The van der Waals surface area contributed by atoms with Gasteiger partial charge >= 0.3 is 0 Å². The molecule has 0 fully saturated rings. The molecule has 1 unspecified atom stereocenters. The number of rotatable bonds is 5. The van der Waals surface area contributed by atoms with Crippen LogP contribution >= 0.6 is 11.6 Å². The monoisotopic (exact) mass is 181 g/mol. The molecule has 0 aromatic carbocycles. The zero-order valence-corrected chi connectivity index (χ0v) is 6.84. The summed E-state index contributed by atoms with van der Waals surface area (Å²) in [6.45, 7) is -0.270. The van der Waals surface area contributed by atoms with Crippen LogP contribution < -0.4 is 5.32 Å². The molecule has 1 atom stereocenters. The summed E-state index contributed by atoms with van der Waals surface area (Å²) in [5, 5.41) is 19.5. The van der Waals surface area contributed by atoms with E-state index in [-0.39, 0.29) is 31.4 Å². The highest BCUT2D eigenvalue weighted by Crippen LogP contribution is 1.84. The number of carbonyl (C=O) groups excluding carboxylic acids is 1. The topological polar surface area (TPSA) is 69.6 Å². The Bertz CT molecular complexity index is 120. The van der Waals surface area contributed by atoms with Gasteiger partial charge < -0.3 is 15.5 Å². The number of aliphatic hydroxyl groups is 2. The molecule has 5 heteroatoms. The van der Waals surface area contributed by atoms with E-state index in [0.717, 1.165) is 0 Å². The predicted molar refractivity (Wildman–Crippen MR) is 41.4 cm³/mol. The molecule has 0 saturated heterocycles. The summed E-state index contributed by atoms with van der Waals surface area (Å²) < 4.78 is 0. The summed E-state index contributed by atoms with van der Waals surface area (Å²) in [4.78, 5) is 10.7. The molecular weight excluding hydrogens is 170 g/mol. The van der Waals surface area contributed by atoms with Crippen molar-refractivity contribution in [3.63, 3.8) is 0 Å². The number of nitrogens with one attached hydrogen (secondary N) is 1. The molecule has 0 aliphatic carbocycles. The molecular formula is C6H12ClNO3. The fourth-order valence-corrected chi connectivity index (χ4v) is 0.642. The van der Waals surface area contributed by atoms with Gasteiger partial charge in [0.2, 0.25) is 5.91 Å². The standard InChI is InChI=1S/C6H12ClNO3/c7-2-1-6(11)8-3-5(10)4-9/h5,9-10H,1-4H2,(H,8,11). The molecule has 0 saturated carbocycles. The first kappa shape index (κ1) is 10.7. The first-order valence-corrected chi connectivity index (χ1v) is 3.85. The zero-order valence-electron chi connectivity index (χ0n) is 6.09. The summed E-state index contributed by atoms with van der Waals surface area (Å²) in [7, 11) is 0.